The maximum atomic E-state index is 12.1. The molecule has 17 heavy (non-hydrogen) atoms. The van der Waals surface area contributed by atoms with E-state index in [2.05, 4.69) is 5.10 Å². The van der Waals surface area contributed by atoms with Gasteiger partial charge >= 0.3 is 0 Å². The molecule has 5 heteroatoms. The van der Waals surface area contributed by atoms with Crippen LogP contribution in [-0.4, -0.2) is 27.6 Å². The number of thiophene rings is 1. The first-order valence-electron chi connectivity index (χ1n) is 5.35. The number of carbonyl (C=O) groups excluding carboxylic acids is 1. The van der Waals surface area contributed by atoms with Gasteiger partial charge in [0.2, 0.25) is 0 Å². The van der Waals surface area contributed by atoms with Crippen LogP contribution in [-0.2, 0) is 13.6 Å². The maximum Gasteiger partial charge on any atom is 0.264 e. The number of amides is 1. The van der Waals surface area contributed by atoms with Gasteiger partial charge in [-0.15, -0.1) is 11.3 Å². The molecule has 0 aromatic carbocycles. The van der Waals surface area contributed by atoms with Crippen molar-refractivity contribution in [3.8, 4) is 0 Å². The number of hydrogen-bond donors (Lipinski definition) is 0. The summed E-state index contributed by atoms with van der Waals surface area (Å²) in [7, 11) is 3.68. The predicted octanol–water partition coefficient (Wildman–Crippen LogP) is 2.06. The van der Waals surface area contributed by atoms with Crippen LogP contribution in [0.2, 0.25) is 0 Å². The van der Waals surface area contributed by atoms with E-state index in [1.807, 2.05) is 38.7 Å². The smallest absolute Gasteiger partial charge is 0.264 e. The van der Waals surface area contributed by atoms with Gasteiger partial charge in [0.1, 0.15) is 0 Å². The van der Waals surface area contributed by atoms with E-state index < -0.39 is 0 Å². The van der Waals surface area contributed by atoms with E-state index >= 15 is 0 Å². The summed E-state index contributed by atoms with van der Waals surface area (Å²) in [5, 5.41) is 6.04. The first-order chi connectivity index (χ1) is 8.08. The summed E-state index contributed by atoms with van der Waals surface area (Å²) in [6, 6.07) is 1.97. The van der Waals surface area contributed by atoms with E-state index in [1.165, 1.54) is 11.3 Å². The van der Waals surface area contributed by atoms with Crippen LogP contribution in [0.4, 0.5) is 0 Å². The zero-order valence-electron chi connectivity index (χ0n) is 10.2. The van der Waals surface area contributed by atoms with Gasteiger partial charge in [0, 0.05) is 32.4 Å². The molecule has 0 radical (unpaired) electrons. The van der Waals surface area contributed by atoms with Gasteiger partial charge < -0.3 is 4.90 Å². The second-order valence-corrected chi connectivity index (χ2v) is 5.03. The molecule has 1 amide bonds. The highest BCUT2D eigenvalue weighted by atomic mass is 32.1. The Kier molecular flexibility index (Phi) is 3.28. The molecule has 0 aliphatic heterocycles. The molecule has 0 aliphatic carbocycles. The molecule has 0 aliphatic rings. The van der Waals surface area contributed by atoms with Crippen molar-refractivity contribution in [3.05, 3.63) is 39.8 Å². The molecule has 2 rings (SSSR count). The lowest BCUT2D eigenvalue weighted by molar-refractivity contribution is 0.0789. The van der Waals surface area contributed by atoms with E-state index in [-0.39, 0.29) is 5.91 Å². The van der Waals surface area contributed by atoms with Crippen LogP contribution in [0, 0.1) is 6.92 Å². The van der Waals surface area contributed by atoms with Crippen molar-refractivity contribution in [2.45, 2.75) is 13.5 Å². The minimum Gasteiger partial charge on any atom is -0.337 e. The van der Waals surface area contributed by atoms with Gasteiger partial charge in [0.15, 0.2) is 0 Å². The van der Waals surface area contributed by atoms with Crippen LogP contribution in [0.1, 0.15) is 20.8 Å². The summed E-state index contributed by atoms with van der Waals surface area (Å²) in [5.74, 6) is 0.0707. The van der Waals surface area contributed by atoms with Crippen LogP contribution in [0.25, 0.3) is 0 Å². The summed E-state index contributed by atoms with van der Waals surface area (Å²) >= 11 is 1.49. The lowest BCUT2D eigenvalue weighted by Crippen LogP contribution is -2.25. The van der Waals surface area contributed by atoms with Crippen LogP contribution in [0.5, 0.6) is 0 Å². The van der Waals surface area contributed by atoms with E-state index in [0.29, 0.717) is 6.54 Å². The fraction of sp³-hybridized carbons (Fsp3) is 0.333. The van der Waals surface area contributed by atoms with E-state index in [0.717, 1.165) is 16.0 Å². The molecule has 0 spiro atoms. The second kappa shape index (κ2) is 4.71. The molecule has 2 aromatic rings. The molecule has 0 atom stereocenters. The molecular formula is C12H15N3OS. The normalized spacial score (nSPS) is 10.5. The van der Waals surface area contributed by atoms with Crippen molar-refractivity contribution in [2.75, 3.05) is 7.05 Å². The van der Waals surface area contributed by atoms with Crippen molar-refractivity contribution in [1.82, 2.24) is 14.7 Å². The van der Waals surface area contributed by atoms with Crippen molar-refractivity contribution >= 4 is 17.2 Å². The van der Waals surface area contributed by atoms with Gasteiger partial charge in [0.05, 0.1) is 11.1 Å². The molecule has 2 heterocycles. The predicted molar refractivity (Wildman–Crippen MR) is 68.1 cm³/mol. The number of rotatable bonds is 3. The van der Waals surface area contributed by atoms with Crippen LogP contribution in [0.3, 0.4) is 0 Å². The van der Waals surface area contributed by atoms with Gasteiger partial charge in [0.25, 0.3) is 5.91 Å². The first kappa shape index (κ1) is 11.9. The SMILES string of the molecule is Cc1ccsc1C(=O)N(C)Cc1cnn(C)c1. The molecular weight excluding hydrogens is 234 g/mol. The molecule has 4 nitrogen and oxygen atoms in total. The van der Waals surface area contributed by atoms with E-state index in [9.17, 15) is 4.79 Å². The van der Waals surface area contributed by atoms with Gasteiger partial charge in [-0.05, 0) is 23.9 Å². The Labute approximate surface area is 104 Å². The Morgan fingerprint density at radius 1 is 1.59 bits per heavy atom. The third kappa shape index (κ3) is 2.55. The average molecular weight is 249 g/mol. The standard InChI is InChI=1S/C12H15N3OS/c1-9-4-5-17-11(9)12(16)14(2)7-10-6-13-15(3)8-10/h4-6,8H,7H2,1-3H3. The third-order valence-electron chi connectivity index (χ3n) is 2.58. The lowest BCUT2D eigenvalue weighted by atomic mass is 10.2. The number of hydrogen-bond acceptors (Lipinski definition) is 3. The monoisotopic (exact) mass is 249 g/mol. The third-order valence-corrected chi connectivity index (χ3v) is 3.59. The molecule has 0 bridgehead atoms. The topological polar surface area (TPSA) is 38.1 Å². The van der Waals surface area contributed by atoms with Crippen molar-refractivity contribution in [1.29, 1.82) is 0 Å². The second-order valence-electron chi connectivity index (χ2n) is 4.12. The Morgan fingerprint density at radius 3 is 2.88 bits per heavy atom. The summed E-state index contributed by atoms with van der Waals surface area (Å²) in [6.07, 6.45) is 3.70. The minimum absolute atomic E-state index is 0.0707. The molecule has 0 fully saturated rings. The largest absolute Gasteiger partial charge is 0.337 e. The fourth-order valence-electron chi connectivity index (χ4n) is 1.66. The highest BCUT2D eigenvalue weighted by Crippen LogP contribution is 2.18. The van der Waals surface area contributed by atoms with Crippen molar-refractivity contribution in [3.63, 3.8) is 0 Å². The Morgan fingerprint density at radius 2 is 2.35 bits per heavy atom. The molecule has 0 N–H and O–H groups in total. The first-order valence-corrected chi connectivity index (χ1v) is 6.23. The zero-order valence-corrected chi connectivity index (χ0v) is 11.0. The van der Waals surface area contributed by atoms with Gasteiger partial charge in [-0.3, -0.25) is 9.48 Å². The highest BCUT2D eigenvalue weighted by molar-refractivity contribution is 7.12. The molecule has 2 aromatic heterocycles. The lowest BCUT2D eigenvalue weighted by Gasteiger charge is -2.15. The minimum atomic E-state index is 0.0707. The van der Waals surface area contributed by atoms with Crippen LogP contribution >= 0.6 is 11.3 Å². The Hall–Kier alpha value is -1.62. The Balaban J connectivity index is 2.08. The number of carbonyl (C=O) groups is 1. The maximum absolute atomic E-state index is 12.1. The molecule has 0 saturated heterocycles. The van der Waals surface area contributed by atoms with Crippen molar-refractivity contribution in [2.24, 2.45) is 7.05 Å². The quantitative estimate of drug-likeness (QED) is 0.835. The summed E-state index contributed by atoms with van der Waals surface area (Å²) < 4.78 is 1.74. The average Bonchev–Trinajstić information content (AvgIpc) is 2.86. The van der Waals surface area contributed by atoms with Crippen LogP contribution in [0.15, 0.2) is 23.8 Å². The summed E-state index contributed by atoms with van der Waals surface area (Å²) in [5.41, 5.74) is 2.08. The van der Waals surface area contributed by atoms with Gasteiger partial charge in [-0.2, -0.15) is 5.10 Å². The molecule has 0 unspecified atom stereocenters. The van der Waals surface area contributed by atoms with E-state index in [1.54, 1.807) is 15.8 Å². The van der Waals surface area contributed by atoms with Crippen LogP contribution < -0.4 is 0 Å². The van der Waals surface area contributed by atoms with Gasteiger partial charge in [-0.1, -0.05) is 0 Å². The number of aryl methyl sites for hydroxylation is 2. The van der Waals surface area contributed by atoms with Gasteiger partial charge in [-0.25, -0.2) is 0 Å². The fourth-order valence-corrected chi connectivity index (χ4v) is 2.58. The highest BCUT2D eigenvalue weighted by Gasteiger charge is 2.15. The van der Waals surface area contributed by atoms with Crippen molar-refractivity contribution < 1.29 is 4.79 Å². The molecule has 90 valence electrons. The number of aromatic nitrogens is 2. The summed E-state index contributed by atoms with van der Waals surface area (Å²) in [6.45, 7) is 2.55. The summed E-state index contributed by atoms with van der Waals surface area (Å²) in [4.78, 5) is 14.7. The zero-order chi connectivity index (χ0) is 12.4. The number of nitrogens with zero attached hydrogens (tertiary/aromatic N) is 3. The Bertz CT molecular complexity index is 529. The van der Waals surface area contributed by atoms with E-state index in [4.69, 9.17) is 0 Å². The molecule has 0 saturated carbocycles.